The number of ether oxygens (including phenoxy) is 1. The molecule has 0 fully saturated rings. The Morgan fingerprint density at radius 1 is 1.18 bits per heavy atom. The molecule has 0 bridgehead atoms. The lowest BCUT2D eigenvalue weighted by Crippen LogP contribution is -2.10. The van der Waals surface area contributed by atoms with E-state index in [1.807, 2.05) is 48.1 Å². The molecule has 1 amide bonds. The smallest absolute Gasteiger partial charge is 0.337 e. The lowest BCUT2D eigenvalue weighted by atomic mass is 10.1. The molecule has 6 nitrogen and oxygen atoms in total. The van der Waals surface area contributed by atoms with Gasteiger partial charge in [-0.2, -0.15) is 5.10 Å². The maximum absolute atomic E-state index is 12.2. The Labute approximate surface area is 163 Å². The van der Waals surface area contributed by atoms with Gasteiger partial charge >= 0.3 is 5.97 Å². The number of amides is 1. The van der Waals surface area contributed by atoms with Crippen LogP contribution < -0.4 is 5.32 Å². The van der Waals surface area contributed by atoms with Gasteiger partial charge in [-0.3, -0.25) is 9.48 Å². The molecule has 6 heteroatoms. The van der Waals surface area contributed by atoms with E-state index in [9.17, 15) is 9.59 Å². The number of rotatable bonds is 6. The van der Waals surface area contributed by atoms with Crippen LogP contribution >= 0.6 is 0 Å². The van der Waals surface area contributed by atoms with Crippen molar-refractivity contribution in [2.24, 2.45) is 0 Å². The number of esters is 1. The molecule has 0 saturated heterocycles. The highest BCUT2D eigenvalue weighted by molar-refractivity contribution is 6.03. The van der Waals surface area contributed by atoms with Crippen molar-refractivity contribution < 1.29 is 14.3 Å². The number of methoxy groups -OCH3 is 1. The normalized spacial score (nSPS) is 10.8. The quantitative estimate of drug-likeness (QED) is 0.527. The zero-order valence-corrected chi connectivity index (χ0v) is 15.8. The Balaban J connectivity index is 1.64. The Morgan fingerprint density at radius 2 is 1.96 bits per heavy atom. The van der Waals surface area contributed by atoms with Crippen LogP contribution in [0.4, 0.5) is 5.69 Å². The molecule has 0 aliphatic carbocycles. The molecule has 28 heavy (non-hydrogen) atoms. The lowest BCUT2D eigenvalue weighted by molar-refractivity contribution is -0.111. The van der Waals surface area contributed by atoms with E-state index < -0.39 is 5.97 Å². The fourth-order valence-corrected chi connectivity index (χ4v) is 2.67. The number of aryl methyl sites for hydroxylation is 1. The van der Waals surface area contributed by atoms with Crippen LogP contribution in [0.15, 0.2) is 67.0 Å². The highest BCUT2D eigenvalue weighted by Crippen LogP contribution is 2.18. The van der Waals surface area contributed by atoms with Gasteiger partial charge in [0.15, 0.2) is 0 Å². The first-order valence-electron chi connectivity index (χ1n) is 8.79. The summed E-state index contributed by atoms with van der Waals surface area (Å²) in [7, 11) is 1.32. The average Bonchev–Trinajstić information content (AvgIpc) is 3.15. The van der Waals surface area contributed by atoms with Crippen LogP contribution in [0.5, 0.6) is 0 Å². The molecule has 3 rings (SSSR count). The number of nitrogens with one attached hydrogen (secondary N) is 1. The van der Waals surface area contributed by atoms with Crippen LogP contribution in [-0.2, 0) is 16.1 Å². The van der Waals surface area contributed by atoms with Crippen LogP contribution in [0.2, 0.25) is 0 Å². The summed E-state index contributed by atoms with van der Waals surface area (Å²) >= 11 is 0. The summed E-state index contributed by atoms with van der Waals surface area (Å²) in [6.45, 7) is 2.52. The molecule has 0 spiro atoms. The number of aromatic nitrogens is 2. The summed E-state index contributed by atoms with van der Waals surface area (Å²) in [5.74, 6) is -0.738. The van der Waals surface area contributed by atoms with Gasteiger partial charge in [0.1, 0.15) is 0 Å². The first-order chi connectivity index (χ1) is 13.5. The van der Waals surface area contributed by atoms with E-state index >= 15 is 0 Å². The number of benzene rings is 2. The monoisotopic (exact) mass is 375 g/mol. The van der Waals surface area contributed by atoms with E-state index in [0.717, 1.165) is 16.7 Å². The Morgan fingerprint density at radius 3 is 2.71 bits per heavy atom. The predicted octanol–water partition coefficient (Wildman–Crippen LogP) is 3.68. The summed E-state index contributed by atoms with van der Waals surface area (Å²) in [4.78, 5) is 23.9. The molecular formula is C22H21N3O3. The van der Waals surface area contributed by atoms with Crippen LogP contribution in [-0.4, -0.2) is 28.8 Å². The van der Waals surface area contributed by atoms with Gasteiger partial charge in [0.25, 0.3) is 0 Å². The average molecular weight is 375 g/mol. The first-order valence-corrected chi connectivity index (χ1v) is 8.79. The SMILES string of the molecule is COC(=O)c1ccc(C)c(NC(=O)/C=C/c2cnn(Cc3ccccc3)c2)c1. The first kappa shape index (κ1) is 19.1. The van der Waals surface area contributed by atoms with Gasteiger partial charge in [-0.25, -0.2) is 4.79 Å². The van der Waals surface area contributed by atoms with Crippen molar-refractivity contribution in [1.82, 2.24) is 9.78 Å². The predicted molar refractivity (Wildman–Crippen MR) is 108 cm³/mol. The van der Waals surface area contributed by atoms with Gasteiger partial charge in [-0.15, -0.1) is 0 Å². The third-order valence-corrected chi connectivity index (χ3v) is 4.18. The molecule has 3 aromatic rings. The van der Waals surface area contributed by atoms with Crippen molar-refractivity contribution in [1.29, 1.82) is 0 Å². The molecule has 1 aromatic heterocycles. The number of carbonyl (C=O) groups excluding carboxylic acids is 2. The van der Waals surface area contributed by atoms with Crippen LogP contribution in [0.1, 0.15) is 27.0 Å². The summed E-state index contributed by atoms with van der Waals surface area (Å²) < 4.78 is 6.53. The molecular weight excluding hydrogens is 354 g/mol. The van der Waals surface area contributed by atoms with Crippen molar-refractivity contribution in [3.05, 3.63) is 89.3 Å². The van der Waals surface area contributed by atoms with Crippen molar-refractivity contribution in [2.45, 2.75) is 13.5 Å². The number of nitrogens with zero attached hydrogens (tertiary/aromatic N) is 2. The maximum atomic E-state index is 12.2. The number of anilines is 1. The van der Waals surface area contributed by atoms with Crippen molar-refractivity contribution >= 4 is 23.6 Å². The van der Waals surface area contributed by atoms with Crippen molar-refractivity contribution in [2.75, 3.05) is 12.4 Å². The molecule has 0 aliphatic heterocycles. The van der Waals surface area contributed by atoms with Gasteiger partial charge in [0.05, 0.1) is 25.4 Å². The molecule has 1 heterocycles. The number of hydrogen-bond donors (Lipinski definition) is 1. The Hall–Kier alpha value is -3.67. The van der Waals surface area contributed by atoms with Crippen molar-refractivity contribution in [3.63, 3.8) is 0 Å². The molecule has 2 aromatic carbocycles. The molecule has 0 radical (unpaired) electrons. The molecule has 0 saturated carbocycles. The third-order valence-electron chi connectivity index (χ3n) is 4.18. The maximum Gasteiger partial charge on any atom is 0.337 e. The Bertz CT molecular complexity index is 1010. The zero-order valence-electron chi connectivity index (χ0n) is 15.8. The highest BCUT2D eigenvalue weighted by Gasteiger charge is 2.09. The van der Waals surface area contributed by atoms with Crippen molar-refractivity contribution in [3.8, 4) is 0 Å². The van der Waals surface area contributed by atoms with Gasteiger partial charge < -0.3 is 10.1 Å². The van der Waals surface area contributed by atoms with Gasteiger partial charge in [-0.1, -0.05) is 36.4 Å². The lowest BCUT2D eigenvalue weighted by Gasteiger charge is -2.08. The van der Waals surface area contributed by atoms with Crippen LogP contribution in [0.3, 0.4) is 0 Å². The summed E-state index contributed by atoms with van der Waals surface area (Å²) in [5, 5.41) is 7.10. The number of hydrogen-bond acceptors (Lipinski definition) is 4. The largest absolute Gasteiger partial charge is 0.465 e. The molecule has 0 unspecified atom stereocenters. The van der Waals surface area contributed by atoms with Gasteiger partial charge in [0, 0.05) is 23.5 Å². The minimum absolute atomic E-state index is 0.291. The van der Waals surface area contributed by atoms with E-state index in [1.165, 1.54) is 13.2 Å². The van der Waals surface area contributed by atoms with E-state index in [-0.39, 0.29) is 5.91 Å². The summed E-state index contributed by atoms with van der Waals surface area (Å²) in [5.41, 5.74) is 3.78. The summed E-state index contributed by atoms with van der Waals surface area (Å²) in [6.07, 6.45) is 6.72. The Kier molecular flexibility index (Phi) is 6.01. The minimum Gasteiger partial charge on any atom is -0.465 e. The second-order valence-corrected chi connectivity index (χ2v) is 6.30. The summed E-state index contributed by atoms with van der Waals surface area (Å²) in [6, 6.07) is 15.0. The fraction of sp³-hybridized carbons (Fsp3) is 0.136. The molecule has 0 aliphatic rings. The zero-order chi connectivity index (χ0) is 19.9. The fourth-order valence-electron chi connectivity index (χ4n) is 2.67. The van der Waals surface area contributed by atoms with Gasteiger partial charge in [-0.05, 0) is 36.3 Å². The van der Waals surface area contributed by atoms with E-state index in [4.69, 9.17) is 4.74 Å². The standard InChI is InChI=1S/C22H21N3O3/c1-16-8-10-19(22(27)28-2)12-20(16)24-21(26)11-9-18-13-23-25(15-18)14-17-6-4-3-5-7-17/h3-13,15H,14H2,1-2H3,(H,24,26)/b11-9+. The molecule has 142 valence electrons. The van der Waals surface area contributed by atoms with Gasteiger partial charge in [0.2, 0.25) is 5.91 Å². The van der Waals surface area contributed by atoms with E-state index in [1.54, 1.807) is 30.5 Å². The van der Waals surface area contributed by atoms with Crippen LogP contribution in [0.25, 0.3) is 6.08 Å². The highest BCUT2D eigenvalue weighted by atomic mass is 16.5. The second-order valence-electron chi connectivity index (χ2n) is 6.30. The third kappa shape index (κ3) is 4.94. The van der Waals surface area contributed by atoms with Crippen LogP contribution in [0, 0.1) is 6.92 Å². The minimum atomic E-state index is -0.447. The molecule has 0 atom stereocenters. The topological polar surface area (TPSA) is 73.2 Å². The molecule has 1 N–H and O–H groups in total. The number of carbonyl (C=O) groups is 2. The second kappa shape index (κ2) is 8.81. The van der Waals surface area contributed by atoms with E-state index in [0.29, 0.717) is 17.8 Å². The van der Waals surface area contributed by atoms with E-state index in [2.05, 4.69) is 10.4 Å².